The van der Waals surface area contributed by atoms with E-state index in [1.165, 1.54) is 32.2 Å². The number of amides is 2. The van der Waals surface area contributed by atoms with Crippen molar-refractivity contribution in [3.05, 3.63) is 30.1 Å². The maximum atomic E-state index is 12.3. The molecule has 1 aromatic heterocycles. The van der Waals surface area contributed by atoms with Gasteiger partial charge in [-0.05, 0) is 74.7 Å². The van der Waals surface area contributed by atoms with Crippen LogP contribution in [0, 0.1) is 11.8 Å². The van der Waals surface area contributed by atoms with Crippen molar-refractivity contribution >= 4 is 11.8 Å². The summed E-state index contributed by atoms with van der Waals surface area (Å²) in [6.07, 6.45) is 9.66. The molecular weight excluding hydrogens is 380 g/mol. The summed E-state index contributed by atoms with van der Waals surface area (Å²) in [4.78, 5) is 33.0. The summed E-state index contributed by atoms with van der Waals surface area (Å²) in [7, 11) is 0. The fourth-order valence-electron chi connectivity index (χ4n) is 4.43. The van der Waals surface area contributed by atoms with Gasteiger partial charge in [0.1, 0.15) is 6.61 Å². The summed E-state index contributed by atoms with van der Waals surface area (Å²) < 4.78 is 5.67. The van der Waals surface area contributed by atoms with Gasteiger partial charge in [0.25, 0.3) is 0 Å². The largest absolute Gasteiger partial charge is 0.365 e. The van der Waals surface area contributed by atoms with Gasteiger partial charge in [0, 0.05) is 45.0 Å². The molecule has 1 saturated carbocycles. The fourth-order valence-corrected chi connectivity index (χ4v) is 4.43. The normalized spacial score (nSPS) is 23.5. The molecule has 0 radical (unpaired) electrons. The van der Waals surface area contributed by atoms with Crippen molar-refractivity contribution in [1.29, 1.82) is 0 Å². The topological polar surface area (TPSA) is 74.8 Å². The monoisotopic (exact) mass is 414 g/mol. The van der Waals surface area contributed by atoms with Gasteiger partial charge in [-0.2, -0.15) is 0 Å². The van der Waals surface area contributed by atoms with E-state index in [-0.39, 0.29) is 24.5 Å². The molecule has 3 heterocycles. The van der Waals surface area contributed by atoms with Crippen LogP contribution >= 0.6 is 0 Å². The molecule has 4 rings (SSSR count). The van der Waals surface area contributed by atoms with Crippen LogP contribution in [0.25, 0.3) is 0 Å². The molecule has 2 amide bonds. The van der Waals surface area contributed by atoms with E-state index < -0.39 is 0 Å². The number of ether oxygens (including phenoxy) is 1. The highest BCUT2D eigenvalue weighted by Crippen LogP contribution is 2.31. The van der Waals surface area contributed by atoms with E-state index in [0.717, 1.165) is 31.1 Å². The van der Waals surface area contributed by atoms with Crippen molar-refractivity contribution in [2.75, 3.05) is 45.9 Å². The SMILES string of the molecule is O=C(CCc1ccncc1)NCC1CN(CC2CCN(CC3CC3)CC2)C(=O)CO1. The zero-order valence-corrected chi connectivity index (χ0v) is 17.8. The summed E-state index contributed by atoms with van der Waals surface area (Å²) in [5.74, 6) is 1.62. The Hall–Kier alpha value is -1.99. The van der Waals surface area contributed by atoms with Crippen LogP contribution < -0.4 is 5.32 Å². The van der Waals surface area contributed by atoms with Crippen LogP contribution in [0.4, 0.5) is 0 Å². The Balaban J connectivity index is 1.15. The minimum atomic E-state index is -0.123. The van der Waals surface area contributed by atoms with Gasteiger partial charge >= 0.3 is 0 Å². The van der Waals surface area contributed by atoms with E-state index >= 15 is 0 Å². The third kappa shape index (κ3) is 6.51. The average Bonchev–Trinajstić information content (AvgIpc) is 3.59. The Morgan fingerprint density at radius 1 is 1.10 bits per heavy atom. The number of nitrogens with one attached hydrogen (secondary N) is 1. The standard InChI is InChI=1S/C23H34N4O3/c28-22(4-3-18-5-9-24-10-6-18)25-13-21-16-27(23(29)17-30-21)15-20-7-11-26(12-8-20)14-19-1-2-19/h5-6,9-10,19-21H,1-4,7-8,11-17H2,(H,25,28). The van der Waals surface area contributed by atoms with Crippen LogP contribution in [0.15, 0.2) is 24.5 Å². The summed E-state index contributed by atoms with van der Waals surface area (Å²) in [5.41, 5.74) is 1.11. The van der Waals surface area contributed by atoms with Crippen molar-refractivity contribution in [3.8, 4) is 0 Å². The molecule has 1 unspecified atom stereocenters. The number of nitrogens with zero attached hydrogens (tertiary/aromatic N) is 3. The number of hydrogen-bond donors (Lipinski definition) is 1. The van der Waals surface area contributed by atoms with Crippen LogP contribution in [0.1, 0.15) is 37.7 Å². The van der Waals surface area contributed by atoms with E-state index in [4.69, 9.17) is 4.74 Å². The first-order valence-electron chi connectivity index (χ1n) is 11.4. The van der Waals surface area contributed by atoms with Gasteiger partial charge in [0.05, 0.1) is 6.10 Å². The Labute approximate surface area is 179 Å². The lowest BCUT2D eigenvalue weighted by Crippen LogP contribution is -2.52. The molecule has 7 nitrogen and oxygen atoms in total. The number of hydrogen-bond acceptors (Lipinski definition) is 5. The van der Waals surface area contributed by atoms with Crippen LogP contribution in [-0.2, 0) is 20.7 Å². The number of aromatic nitrogens is 1. The second-order valence-corrected chi connectivity index (χ2v) is 9.08. The summed E-state index contributed by atoms with van der Waals surface area (Å²) >= 11 is 0. The van der Waals surface area contributed by atoms with Crippen LogP contribution in [-0.4, -0.2) is 78.6 Å². The predicted octanol–water partition coefficient (Wildman–Crippen LogP) is 1.48. The molecule has 30 heavy (non-hydrogen) atoms. The van der Waals surface area contributed by atoms with E-state index in [1.807, 2.05) is 17.0 Å². The van der Waals surface area contributed by atoms with Gasteiger partial charge in [0.2, 0.25) is 11.8 Å². The molecule has 1 aromatic rings. The summed E-state index contributed by atoms with van der Waals surface area (Å²) in [6.45, 7) is 5.58. The van der Waals surface area contributed by atoms with Crippen molar-refractivity contribution in [2.24, 2.45) is 11.8 Å². The fraction of sp³-hybridized carbons (Fsp3) is 0.696. The van der Waals surface area contributed by atoms with Crippen molar-refractivity contribution in [3.63, 3.8) is 0 Å². The number of aryl methyl sites for hydroxylation is 1. The van der Waals surface area contributed by atoms with Crippen molar-refractivity contribution in [2.45, 2.75) is 44.6 Å². The molecule has 2 aliphatic heterocycles. The quantitative estimate of drug-likeness (QED) is 0.663. The molecule has 1 N–H and O–H groups in total. The number of piperidine rings is 1. The zero-order chi connectivity index (χ0) is 20.8. The van der Waals surface area contributed by atoms with E-state index in [1.54, 1.807) is 12.4 Å². The molecule has 2 saturated heterocycles. The molecule has 3 aliphatic rings. The predicted molar refractivity (Wildman–Crippen MR) is 114 cm³/mol. The second kappa shape index (κ2) is 10.4. The molecule has 0 aromatic carbocycles. The van der Waals surface area contributed by atoms with Gasteiger partial charge in [0.15, 0.2) is 0 Å². The Morgan fingerprint density at radius 3 is 2.57 bits per heavy atom. The minimum absolute atomic E-state index is 0.0156. The zero-order valence-electron chi connectivity index (χ0n) is 17.8. The van der Waals surface area contributed by atoms with Gasteiger partial charge in [-0.3, -0.25) is 14.6 Å². The van der Waals surface area contributed by atoms with Gasteiger partial charge in [-0.25, -0.2) is 0 Å². The lowest BCUT2D eigenvalue weighted by Gasteiger charge is -2.38. The van der Waals surface area contributed by atoms with Crippen molar-refractivity contribution in [1.82, 2.24) is 20.1 Å². The molecule has 0 spiro atoms. The lowest BCUT2D eigenvalue weighted by atomic mass is 9.95. The minimum Gasteiger partial charge on any atom is -0.365 e. The smallest absolute Gasteiger partial charge is 0.248 e. The molecule has 164 valence electrons. The molecule has 3 fully saturated rings. The highest BCUT2D eigenvalue weighted by molar-refractivity contribution is 5.78. The number of likely N-dealkylation sites (tertiary alicyclic amines) is 1. The maximum Gasteiger partial charge on any atom is 0.248 e. The number of pyridine rings is 1. The van der Waals surface area contributed by atoms with E-state index in [2.05, 4.69) is 15.2 Å². The third-order valence-corrected chi connectivity index (χ3v) is 6.54. The van der Waals surface area contributed by atoms with Crippen LogP contribution in [0.5, 0.6) is 0 Å². The summed E-state index contributed by atoms with van der Waals surface area (Å²) in [6, 6.07) is 3.86. The Morgan fingerprint density at radius 2 is 1.83 bits per heavy atom. The lowest BCUT2D eigenvalue weighted by molar-refractivity contribution is -0.150. The Bertz CT molecular complexity index is 702. The number of carbonyl (C=O) groups is 2. The first-order chi connectivity index (χ1) is 14.7. The second-order valence-electron chi connectivity index (χ2n) is 9.08. The number of rotatable bonds is 9. The highest BCUT2D eigenvalue weighted by Gasteiger charge is 2.31. The number of morpholine rings is 1. The molecule has 1 aliphatic carbocycles. The van der Waals surface area contributed by atoms with E-state index in [9.17, 15) is 9.59 Å². The average molecular weight is 415 g/mol. The molecule has 7 heteroatoms. The van der Waals surface area contributed by atoms with Gasteiger partial charge in [-0.15, -0.1) is 0 Å². The van der Waals surface area contributed by atoms with E-state index in [0.29, 0.717) is 31.8 Å². The van der Waals surface area contributed by atoms with Gasteiger partial charge in [-0.1, -0.05) is 0 Å². The van der Waals surface area contributed by atoms with Crippen LogP contribution in [0.3, 0.4) is 0 Å². The summed E-state index contributed by atoms with van der Waals surface area (Å²) in [5, 5.41) is 2.97. The van der Waals surface area contributed by atoms with Gasteiger partial charge < -0.3 is 19.9 Å². The maximum absolute atomic E-state index is 12.3. The first-order valence-corrected chi connectivity index (χ1v) is 11.4. The number of carbonyl (C=O) groups excluding carboxylic acids is 2. The van der Waals surface area contributed by atoms with Crippen LogP contribution in [0.2, 0.25) is 0 Å². The highest BCUT2D eigenvalue weighted by atomic mass is 16.5. The molecule has 1 atom stereocenters. The first kappa shape index (κ1) is 21.2. The Kier molecular flexibility index (Phi) is 7.33. The third-order valence-electron chi connectivity index (χ3n) is 6.54. The molecular formula is C23H34N4O3. The van der Waals surface area contributed by atoms with Crippen molar-refractivity contribution < 1.29 is 14.3 Å². The molecule has 0 bridgehead atoms.